The molecule has 4 nitrogen and oxygen atoms in total. The first-order valence-electron chi connectivity index (χ1n) is 8.92. The van der Waals surface area contributed by atoms with Crippen molar-refractivity contribution in [2.24, 2.45) is 0 Å². The van der Waals surface area contributed by atoms with Gasteiger partial charge in [-0.05, 0) is 60.8 Å². The van der Waals surface area contributed by atoms with Gasteiger partial charge in [0.1, 0.15) is 0 Å². The van der Waals surface area contributed by atoms with Crippen molar-refractivity contribution < 1.29 is 22.8 Å². The zero-order valence-electron chi connectivity index (χ0n) is 16.0. The number of thiophene rings is 1. The van der Waals surface area contributed by atoms with E-state index in [1.54, 1.807) is 43.3 Å². The third kappa shape index (κ3) is 6.25. The van der Waals surface area contributed by atoms with E-state index in [1.165, 1.54) is 23.1 Å². The van der Waals surface area contributed by atoms with E-state index in [4.69, 9.17) is 11.6 Å². The summed E-state index contributed by atoms with van der Waals surface area (Å²) in [6.45, 7) is 1.63. The van der Waals surface area contributed by atoms with Crippen molar-refractivity contribution in [3.05, 3.63) is 75.4 Å². The molecule has 0 saturated heterocycles. The Morgan fingerprint density at radius 3 is 2.39 bits per heavy atom. The lowest BCUT2D eigenvalue weighted by Gasteiger charge is -2.15. The molecule has 10 heteroatoms. The molecule has 1 atom stereocenters. The van der Waals surface area contributed by atoms with Crippen LogP contribution in [0.1, 0.15) is 22.2 Å². The average molecular weight is 485 g/mol. The molecule has 2 amide bonds. The maximum absolute atomic E-state index is 12.9. The first-order valence-corrected chi connectivity index (χ1v) is 11.1. The molecule has 1 aromatic heterocycles. The Bertz CT molecular complexity index is 1070. The fourth-order valence-corrected chi connectivity index (χ4v) is 4.16. The molecular formula is C21H16ClF3N2O2S2. The fourth-order valence-electron chi connectivity index (χ4n) is 2.51. The van der Waals surface area contributed by atoms with Gasteiger partial charge in [0.05, 0.1) is 26.4 Å². The van der Waals surface area contributed by atoms with Gasteiger partial charge in [0, 0.05) is 10.6 Å². The molecule has 31 heavy (non-hydrogen) atoms. The van der Waals surface area contributed by atoms with Crippen LogP contribution in [0.5, 0.6) is 0 Å². The zero-order valence-corrected chi connectivity index (χ0v) is 18.4. The Morgan fingerprint density at radius 2 is 1.77 bits per heavy atom. The summed E-state index contributed by atoms with van der Waals surface area (Å²) in [6, 6.07) is 13.2. The van der Waals surface area contributed by atoms with E-state index >= 15 is 0 Å². The number of halogens is 4. The van der Waals surface area contributed by atoms with Gasteiger partial charge in [-0.15, -0.1) is 23.1 Å². The lowest BCUT2D eigenvalue weighted by Crippen LogP contribution is -2.22. The van der Waals surface area contributed by atoms with E-state index in [2.05, 4.69) is 10.6 Å². The number of rotatable bonds is 6. The van der Waals surface area contributed by atoms with Gasteiger partial charge in [-0.2, -0.15) is 13.2 Å². The van der Waals surface area contributed by atoms with Crippen LogP contribution in [-0.2, 0) is 11.0 Å². The number of carbonyl (C=O) groups is 2. The molecule has 2 N–H and O–H groups in total. The van der Waals surface area contributed by atoms with Crippen LogP contribution in [0, 0.1) is 0 Å². The van der Waals surface area contributed by atoms with Gasteiger partial charge in [0.2, 0.25) is 5.91 Å². The second-order valence-corrected chi connectivity index (χ2v) is 9.17. The van der Waals surface area contributed by atoms with E-state index in [-0.39, 0.29) is 16.6 Å². The molecule has 3 rings (SSSR count). The quantitative estimate of drug-likeness (QED) is 0.378. The number of nitrogens with one attached hydrogen (secondary N) is 2. The largest absolute Gasteiger partial charge is 0.416 e. The molecule has 1 heterocycles. The van der Waals surface area contributed by atoms with Crippen LogP contribution in [0.15, 0.2) is 64.9 Å². The molecule has 0 saturated carbocycles. The van der Waals surface area contributed by atoms with E-state index in [9.17, 15) is 22.8 Å². The predicted molar refractivity (Wildman–Crippen MR) is 119 cm³/mol. The van der Waals surface area contributed by atoms with Gasteiger partial charge in [0.15, 0.2) is 0 Å². The summed E-state index contributed by atoms with van der Waals surface area (Å²) in [4.78, 5) is 25.9. The molecule has 0 aliphatic rings. The second-order valence-electron chi connectivity index (χ2n) is 6.40. The van der Waals surface area contributed by atoms with Gasteiger partial charge >= 0.3 is 6.18 Å². The Balaban J connectivity index is 1.60. The molecule has 0 radical (unpaired) electrons. The highest BCUT2D eigenvalue weighted by atomic mass is 35.5. The summed E-state index contributed by atoms with van der Waals surface area (Å²) in [5, 5.41) is 6.46. The molecule has 3 aromatic rings. The van der Waals surface area contributed by atoms with Crippen molar-refractivity contribution >= 4 is 57.9 Å². The minimum Gasteiger partial charge on any atom is -0.324 e. The Hall–Kier alpha value is -2.49. The molecule has 1 unspecified atom stereocenters. The summed E-state index contributed by atoms with van der Waals surface area (Å²) >= 11 is 8.49. The number of amides is 2. The van der Waals surface area contributed by atoms with Crippen molar-refractivity contribution in [1.82, 2.24) is 0 Å². The number of hydrogen-bond donors (Lipinski definition) is 2. The smallest absolute Gasteiger partial charge is 0.324 e. The number of anilines is 2. The third-order valence-corrected chi connectivity index (χ3v) is 6.40. The molecule has 162 valence electrons. The predicted octanol–water partition coefficient (Wildman–Crippen LogP) is 6.79. The van der Waals surface area contributed by atoms with E-state index < -0.39 is 22.9 Å². The lowest BCUT2D eigenvalue weighted by atomic mass is 10.2. The Labute approximate surface area is 189 Å². The van der Waals surface area contributed by atoms with Crippen molar-refractivity contribution in [2.45, 2.75) is 23.2 Å². The number of benzene rings is 2. The highest BCUT2D eigenvalue weighted by Crippen LogP contribution is 2.34. The van der Waals surface area contributed by atoms with Crippen LogP contribution in [-0.4, -0.2) is 17.1 Å². The molecular weight excluding hydrogens is 469 g/mol. The highest BCUT2D eigenvalue weighted by molar-refractivity contribution is 8.00. The van der Waals surface area contributed by atoms with Gasteiger partial charge in [-0.1, -0.05) is 17.7 Å². The van der Waals surface area contributed by atoms with Crippen molar-refractivity contribution in [1.29, 1.82) is 0 Å². The van der Waals surface area contributed by atoms with Gasteiger partial charge < -0.3 is 10.6 Å². The van der Waals surface area contributed by atoms with Crippen LogP contribution in [0.2, 0.25) is 5.02 Å². The molecule has 0 spiro atoms. The fraction of sp³-hybridized carbons (Fsp3) is 0.143. The minimum absolute atomic E-state index is 0.0179. The summed E-state index contributed by atoms with van der Waals surface area (Å²) in [5.41, 5.74) is -0.385. The van der Waals surface area contributed by atoms with Crippen LogP contribution in [0.4, 0.5) is 24.5 Å². The standard InChI is InChI=1S/C21H16ClF3N2O2S2/c1-12(19(28)27-17-11-13(21(23,24)25)4-9-16(17)22)31-15-7-5-14(6-8-15)26-20(29)18-3-2-10-30-18/h2-12H,1H3,(H,26,29)(H,27,28). The zero-order chi connectivity index (χ0) is 22.6. The van der Waals surface area contributed by atoms with Crippen molar-refractivity contribution in [3.8, 4) is 0 Å². The Kier molecular flexibility index (Phi) is 7.30. The maximum Gasteiger partial charge on any atom is 0.416 e. The summed E-state index contributed by atoms with van der Waals surface area (Å²) < 4.78 is 38.7. The van der Waals surface area contributed by atoms with Crippen LogP contribution in [0.25, 0.3) is 0 Å². The van der Waals surface area contributed by atoms with Crippen molar-refractivity contribution in [2.75, 3.05) is 10.6 Å². The summed E-state index contributed by atoms with van der Waals surface area (Å²) in [6.07, 6.45) is -4.54. The van der Waals surface area contributed by atoms with E-state index in [0.717, 1.165) is 23.1 Å². The number of carbonyl (C=O) groups excluding carboxylic acids is 2. The lowest BCUT2D eigenvalue weighted by molar-refractivity contribution is -0.137. The average Bonchev–Trinajstić information content (AvgIpc) is 3.25. The molecule has 0 aliphatic heterocycles. The molecule has 0 bridgehead atoms. The topological polar surface area (TPSA) is 58.2 Å². The highest BCUT2D eigenvalue weighted by Gasteiger charge is 2.31. The van der Waals surface area contributed by atoms with E-state index in [1.807, 2.05) is 5.38 Å². The monoisotopic (exact) mass is 484 g/mol. The van der Waals surface area contributed by atoms with Crippen LogP contribution in [0.3, 0.4) is 0 Å². The van der Waals surface area contributed by atoms with Gasteiger partial charge in [-0.3, -0.25) is 9.59 Å². The number of thioether (sulfide) groups is 1. The third-order valence-electron chi connectivity index (χ3n) is 4.09. The van der Waals surface area contributed by atoms with Crippen LogP contribution >= 0.6 is 34.7 Å². The second kappa shape index (κ2) is 9.76. The maximum atomic E-state index is 12.9. The Morgan fingerprint density at radius 1 is 1.06 bits per heavy atom. The molecule has 0 fully saturated rings. The first-order chi connectivity index (χ1) is 14.6. The molecule has 2 aromatic carbocycles. The summed E-state index contributed by atoms with van der Waals surface area (Å²) in [5.74, 6) is -0.692. The van der Waals surface area contributed by atoms with Gasteiger partial charge in [-0.25, -0.2) is 0 Å². The normalized spacial score (nSPS) is 12.3. The van der Waals surface area contributed by atoms with Crippen molar-refractivity contribution in [3.63, 3.8) is 0 Å². The van der Waals surface area contributed by atoms with E-state index in [0.29, 0.717) is 10.6 Å². The number of alkyl halides is 3. The first kappa shape index (κ1) is 23.2. The molecule has 0 aliphatic carbocycles. The van der Waals surface area contributed by atoms with Gasteiger partial charge in [0.25, 0.3) is 5.91 Å². The number of hydrogen-bond acceptors (Lipinski definition) is 4. The minimum atomic E-state index is -4.54. The summed E-state index contributed by atoms with van der Waals surface area (Å²) in [7, 11) is 0. The SMILES string of the molecule is CC(Sc1ccc(NC(=O)c2cccs2)cc1)C(=O)Nc1cc(C(F)(F)F)ccc1Cl. The van der Waals surface area contributed by atoms with Crippen LogP contribution < -0.4 is 10.6 Å².